The Hall–Kier alpha value is -1.40. The lowest BCUT2D eigenvalue weighted by Gasteiger charge is -2.11. The van der Waals surface area contributed by atoms with Gasteiger partial charge in [-0.15, -0.1) is 0 Å². The maximum atomic E-state index is 9.23. The Balaban J connectivity index is 2.08. The smallest absolute Gasteiger partial charge is 0.146 e. The molecule has 2 aromatic rings. The van der Waals surface area contributed by atoms with Crippen LogP contribution in [0.5, 0.6) is 0 Å². The van der Waals surface area contributed by atoms with Gasteiger partial charge in [-0.2, -0.15) is 5.10 Å². The highest BCUT2D eigenvalue weighted by molar-refractivity contribution is 9.10. The first-order chi connectivity index (χ1) is 9.11. The average Bonchev–Trinajstić information content (AvgIpc) is 2.86. The lowest BCUT2D eigenvalue weighted by Crippen LogP contribution is -2.12. The van der Waals surface area contributed by atoms with Crippen LogP contribution in [0.2, 0.25) is 0 Å². The predicted octanol–water partition coefficient (Wildman–Crippen LogP) is 2.73. The SMILES string of the molecule is CC(C)n1ncnc1CNc1ccc(Br)c(CO)c1. The highest BCUT2D eigenvalue weighted by Gasteiger charge is 2.07. The first-order valence-corrected chi connectivity index (χ1v) is 6.92. The molecule has 1 aromatic heterocycles. The van der Waals surface area contributed by atoms with Crippen LogP contribution in [-0.2, 0) is 13.2 Å². The fourth-order valence-corrected chi connectivity index (χ4v) is 2.19. The molecule has 2 N–H and O–H groups in total. The average molecular weight is 325 g/mol. The van der Waals surface area contributed by atoms with E-state index < -0.39 is 0 Å². The van der Waals surface area contributed by atoms with Gasteiger partial charge < -0.3 is 10.4 Å². The molecule has 19 heavy (non-hydrogen) atoms. The second kappa shape index (κ2) is 6.16. The molecular formula is C13H17BrN4O. The number of nitrogens with one attached hydrogen (secondary N) is 1. The zero-order valence-electron chi connectivity index (χ0n) is 11.0. The van der Waals surface area contributed by atoms with Crippen LogP contribution in [0.1, 0.15) is 31.3 Å². The maximum Gasteiger partial charge on any atom is 0.146 e. The van der Waals surface area contributed by atoms with Gasteiger partial charge in [-0.1, -0.05) is 15.9 Å². The van der Waals surface area contributed by atoms with Crippen LogP contribution in [0.25, 0.3) is 0 Å². The fourth-order valence-electron chi connectivity index (χ4n) is 1.82. The third kappa shape index (κ3) is 3.33. The molecule has 0 saturated carbocycles. The first-order valence-electron chi connectivity index (χ1n) is 6.13. The van der Waals surface area contributed by atoms with E-state index in [0.29, 0.717) is 6.54 Å². The molecule has 0 aliphatic carbocycles. The van der Waals surface area contributed by atoms with Crippen molar-refractivity contribution in [2.45, 2.75) is 33.0 Å². The fraction of sp³-hybridized carbons (Fsp3) is 0.385. The number of hydrogen-bond acceptors (Lipinski definition) is 4. The Morgan fingerprint density at radius 1 is 1.42 bits per heavy atom. The van der Waals surface area contributed by atoms with Crippen molar-refractivity contribution in [3.8, 4) is 0 Å². The van der Waals surface area contributed by atoms with Crippen LogP contribution in [0.15, 0.2) is 29.0 Å². The van der Waals surface area contributed by atoms with Crippen molar-refractivity contribution < 1.29 is 5.11 Å². The number of aliphatic hydroxyl groups excluding tert-OH is 1. The van der Waals surface area contributed by atoms with Crippen molar-refractivity contribution in [2.75, 3.05) is 5.32 Å². The molecule has 102 valence electrons. The Morgan fingerprint density at radius 2 is 2.21 bits per heavy atom. The van der Waals surface area contributed by atoms with Crippen molar-refractivity contribution in [3.05, 3.63) is 40.4 Å². The van der Waals surface area contributed by atoms with Crippen LogP contribution < -0.4 is 5.32 Å². The molecule has 2 rings (SSSR count). The summed E-state index contributed by atoms with van der Waals surface area (Å²) in [7, 11) is 0. The van der Waals surface area contributed by atoms with Crippen LogP contribution in [-0.4, -0.2) is 19.9 Å². The molecule has 1 heterocycles. The van der Waals surface area contributed by atoms with Crippen molar-refractivity contribution in [1.29, 1.82) is 0 Å². The summed E-state index contributed by atoms with van der Waals surface area (Å²) in [6, 6.07) is 6.08. The van der Waals surface area contributed by atoms with Gasteiger partial charge in [-0.05, 0) is 37.6 Å². The number of anilines is 1. The van der Waals surface area contributed by atoms with Gasteiger partial charge in [0.1, 0.15) is 12.2 Å². The number of aromatic nitrogens is 3. The third-order valence-electron chi connectivity index (χ3n) is 2.80. The number of rotatable bonds is 5. The monoisotopic (exact) mass is 324 g/mol. The molecule has 0 fully saturated rings. The van der Waals surface area contributed by atoms with Crippen LogP contribution in [0.3, 0.4) is 0 Å². The van der Waals surface area contributed by atoms with E-state index in [1.807, 2.05) is 22.9 Å². The minimum atomic E-state index is 0.0122. The molecule has 0 unspecified atom stereocenters. The highest BCUT2D eigenvalue weighted by atomic mass is 79.9. The molecule has 0 bridgehead atoms. The molecule has 0 atom stereocenters. The number of hydrogen-bond donors (Lipinski definition) is 2. The summed E-state index contributed by atoms with van der Waals surface area (Å²) in [4.78, 5) is 4.24. The molecule has 0 aliphatic rings. The Labute approximate surface area is 120 Å². The van der Waals surface area contributed by atoms with Gasteiger partial charge >= 0.3 is 0 Å². The zero-order chi connectivity index (χ0) is 13.8. The van der Waals surface area contributed by atoms with E-state index in [-0.39, 0.29) is 12.6 Å². The molecule has 6 heteroatoms. The summed E-state index contributed by atoms with van der Waals surface area (Å²) >= 11 is 3.40. The lowest BCUT2D eigenvalue weighted by atomic mass is 10.2. The van der Waals surface area contributed by atoms with E-state index in [9.17, 15) is 5.11 Å². The molecule has 0 aliphatic heterocycles. The lowest BCUT2D eigenvalue weighted by molar-refractivity contribution is 0.281. The quantitative estimate of drug-likeness (QED) is 0.887. The van der Waals surface area contributed by atoms with Gasteiger partial charge in [0.15, 0.2) is 0 Å². The topological polar surface area (TPSA) is 63.0 Å². The van der Waals surface area contributed by atoms with Crippen molar-refractivity contribution in [3.63, 3.8) is 0 Å². The summed E-state index contributed by atoms with van der Waals surface area (Å²) < 4.78 is 2.80. The van der Waals surface area contributed by atoms with Gasteiger partial charge in [-0.3, -0.25) is 0 Å². The first kappa shape index (κ1) is 14.0. The van der Waals surface area contributed by atoms with Crippen LogP contribution >= 0.6 is 15.9 Å². The number of aliphatic hydroxyl groups is 1. The van der Waals surface area contributed by atoms with Gasteiger partial charge in [-0.25, -0.2) is 9.67 Å². The summed E-state index contributed by atoms with van der Waals surface area (Å²) in [5.74, 6) is 0.892. The molecule has 0 spiro atoms. The number of benzene rings is 1. The molecule has 0 saturated heterocycles. The summed E-state index contributed by atoms with van der Waals surface area (Å²) in [5.41, 5.74) is 1.81. The van der Waals surface area contributed by atoms with E-state index in [4.69, 9.17) is 0 Å². The highest BCUT2D eigenvalue weighted by Crippen LogP contribution is 2.21. The van der Waals surface area contributed by atoms with E-state index in [1.165, 1.54) is 0 Å². The van der Waals surface area contributed by atoms with E-state index in [0.717, 1.165) is 21.5 Å². The molecule has 0 amide bonds. The standard InChI is InChI=1S/C13H17BrN4O/c1-9(2)18-13(16-8-17-18)6-15-11-3-4-12(14)10(5-11)7-19/h3-5,8-9,15,19H,6-7H2,1-2H3. The van der Waals surface area contributed by atoms with Gasteiger partial charge in [0.25, 0.3) is 0 Å². The normalized spacial score (nSPS) is 11.0. The molecule has 0 radical (unpaired) electrons. The largest absolute Gasteiger partial charge is 0.392 e. The number of nitrogens with zero attached hydrogens (tertiary/aromatic N) is 3. The Kier molecular flexibility index (Phi) is 4.55. The minimum absolute atomic E-state index is 0.0122. The maximum absolute atomic E-state index is 9.23. The van der Waals surface area contributed by atoms with Crippen LogP contribution in [0, 0.1) is 0 Å². The predicted molar refractivity (Wildman–Crippen MR) is 77.8 cm³/mol. The van der Waals surface area contributed by atoms with Crippen molar-refractivity contribution in [1.82, 2.24) is 14.8 Å². The van der Waals surface area contributed by atoms with Gasteiger partial charge in [0.05, 0.1) is 13.2 Å². The summed E-state index contributed by atoms with van der Waals surface area (Å²) in [6.45, 7) is 4.76. The number of halogens is 1. The molecule has 5 nitrogen and oxygen atoms in total. The van der Waals surface area contributed by atoms with Crippen LogP contribution in [0.4, 0.5) is 5.69 Å². The zero-order valence-corrected chi connectivity index (χ0v) is 12.6. The Bertz CT molecular complexity index is 553. The molecule has 1 aromatic carbocycles. The van der Waals surface area contributed by atoms with Gasteiger partial charge in [0, 0.05) is 16.2 Å². The molecular weight excluding hydrogens is 308 g/mol. The Morgan fingerprint density at radius 3 is 2.89 bits per heavy atom. The van der Waals surface area contributed by atoms with E-state index >= 15 is 0 Å². The van der Waals surface area contributed by atoms with E-state index in [1.54, 1.807) is 6.33 Å². The van der Waals surface area contributed by atoms with Gasteiger partial charge in [0.2, 0.25) is 0 Å². The van der Waals surface area contributed by atoms with E-state index in [2.05, 4.69) is 45.2 Å². The second-order valence-electron chi connectivity index (χ2n) is 4.53. The summed E-state index contributed by atoms with van der Waals surface area (Å²) in [5, 5.41) is 16.7. The second-order valence-corrected chi connectivity index (χ2v) is 5.39. The summed E-state index contributed by atoms with van der Waals surface area (Å²) in [6.07, 6.45) is 1.57. The third-order valence-corrected chi connectivity index (χ3v) is 3.58. The van der Waals surface area contributed by atoms with Crippen molar-refractivity contribution in [2.24, 2.45) is 0 Å². The minimum Gasteiger partial charge on any atom is -0.392 e. The van der Waals surface area contributed by atoms with Crippen molar-refractivity contribution >= 4 is 21.6 Å².